The normalized spacial score (nSPS) is 33.0. The molecule has 3 aliphatic rings. The van der Waals surface area contributed by atoms with Crippen molar-refractivity contribution in [2.45, 2.75) is 37.8 Å². The number of piperidine rings is 2. The minimum Gasteiger partial charge on any atom is -0.496 e. The van der Waals surface area contributed by atoms with Crippen molar-refractivity contribution in [3.8, 4) is 5.75 Å². The second-order valence-corrected chi connectivity index (χ2v) is 6.49. The van der Waals surface area contributed by atoms with Gasteiger partial charge < -0.3 is 10.1 Å². The van der Waals surface area contributed by atoms with E-state index in [1.54, 1.807) is 7.11 Å². The first-order valence-electron chi connectivity index (χ1n) is 8.00. The predicted molar refractivity (Wildman–Crippen MR) is 80.1 cm³/mol. The van der Waals surface area contributed by atoms with Crippen molar-refractivity contribution in [1.82, 2.24) is 10.2 Å². The molecule has 0 radical (unpaired) electrons. The number of nitrogens with one attached hydrogen (secondary N) is 1. The van der Waals surface area contributed by atoms with E-state index in [0.717, 1.165) is 24.1 Å². The fourth-order valence-corrected chi connectivity index (χ4v) is 4.51. The van der Waals surface area contributed by atoms with E-state index < -0.39 is 0 Å². The fraction of sp³-hybridized carbons (Fsp3) is 0.647. The predicted octanol–water partition coefficient (Wildman–Crippen LogP) is 2.37. The lowest BCUT2D eigenvalue weighted by atomic mass is 9.77. The van der Waals surface area contributed by atoms with Gasteiger partial charge in [0.15, 0.2) is 0 Å². The van der Waals surface area contributed by atoms with Crippen molar-refractivity contribution in [2.75, 3.05) is 26.7 Å². The molecular weight excluding hydrogens is 248 g/mol. The third-order valence-corrected chi connectivity index (χ3v) is 5.51. The molecule has 0 unspecified atom stereocenters. The summed E-state index contributed by atoms with van der Waals surface area (Å²) in [6, 6.07) is 7.90. The average molecular weight is 272 g/mol. The van der Waals surface area contributed by atoms with Crippen LogP contribution in [0.25, 0.3) is 0 Å². The molecule has 0 bridgehead atoms. The first-order valence-corrected chi connectivity index (χ1v) is 8.00. The lowest BCUT2D eigenvalue weighted by Crippen LogP contribution is -2.54. The molecule has 3 atom stereocenters. The highest BCUT2D eigenvalue weighted by molar-refractivity contribution is 5.44. The molecule has 1 N–H and O–H groups in total. The number of hydrogen-bond acceptors (Lipinski definition) is 3. The topological polar surface area (TPSA) is 24.5 Å². The Bertz CT molecular complexity index is 502. The molecule has 0 saturated carbocycles. The van der Waals surface area contributed by atoms with Gasteiger partial charge in [-0.05, 0) is 49.8 Å². The van der Waals surface area contributed by atoms with Crippen molar-refractivity contribution in [1.29, 1.82) is 0 Å². The molecule has 3 aliphatic heterocycles. The van der Waals surface area contributed by atoms with Crippen LogP contribution in [0.15, 0.2) is 18.2 Å². The maximum absolute atomic E-state index is 5.56. The van der Waals surface area contributed by atoms with Crippen molar-refractivity contribution in [3.63, 3.8) is 0 Å². The molecule has 108 valence electrons. The van der Waals surface area contributed by atoms with Crippen LogP contribution >= 0.6 is 0 Å². The zero-order chi connectivity index (χ0) is 13.5. The average Bonchev–Trinajstić information content (AvgIpc) is 2.52. The van der Waals surface area contributed by atoms with Gasteiger partial charge in [-0.15, -0.1) is 0 Å². The number of hydrogen-bond donors (Lipinski definition) is 1. The molecule has 0 spiro atoms. The van der Waals surface area contributed by atoms with Crippen LogP contribution in [0.4, 0.5) is 0 Å². The van der Waals surface area contributed by atoms with Gasteiger partial charge >= 0.3 is 0 Å². The highest BCUT2D eigenvalue weighted by Gasteiger charge is 2.39. The van der Waals surface area contributed by atoms with Gasteiger partial charge in [0.25, 0.3) is 0 Å². The summed E-state index contributed by atoms with van der Waals surface area (Å²) >= 11 is 0. The molecule has 3 heteroatoms. The smallest absolute Gasteiger partial charge is 0.122 e. The monoisotopic (exact) mass is 272 g/mol. The Labute approximate surface area is 121 Å². The lowest BCUT2D eigenvalue weighted by molar-refractivity contribution is 0.0548. The summed E-state index contributed by atoms with van der Waals surface area (Å²) in [6.45, 7) is 3.68. The number of fused-ring (bicyclic) bond motifs is 4. The molecule has 0 amide bonds. The molecule has 0 aromatic heterocycles. The zero-order valence-electron chi connectivity index (χ0n) is 12.3. The maximum Gasteiger partial charge on any atom is 0.122 e. The molecule has 0 aliphatic carbocycles. The number of benzene rings is 1. The number of ether oxygens (including phenoxy) is 1. The van der Waals surface area contributed by atoms with Crippen LogP contribution in [-0.2, 0) is 6.42 Å². The number of nitrogens with zero attached hydrogens (tertiary/aromatic N) is 1. The Kier molecular flexibility index (Phi) is 3.20. The lowest BCUT2D eigenvalue weighted by Gasteiger charge is -2.49. The van der Waals surface area contributed by atoms with Crippen LogP contribution in [0.3, 0.4) is 0 Å². The van der Waals surface area contributed by atoms with Gasteiger partial charge in [-0.1, -0.05) is 12.1 Å². The van der Waals surface area contributed by atoms with Gasteiger partial charge in [0.1, 0.15) is 5.75 Å². The number of methoxy groups -OCH3 is 1. The Morgan fingerprint density at radius 2 is 2.30 bits per heavy atom. The Morgan fingerprint density at radius 3 is 3.20 bits per heavy atom. The maximum atomic E-state index is 5.56. The third kappa shape index (κ3) is 1.95. The first-order chi connectivity index (χ1) is 9.86. The second-order valence-electron chi connectivity index (χ2n) is 6.49. The van der Waals surface area contributed by atoms with Gasteiger partial charge in [-0.25, -0.2) is 0 Å². The van der Waals surface area contributed by atoms with Crippen molar-refractivity contribution >= 4 is 0 Å². The van der Waals surface area contributed by atoms with Crippen molar-refractivity contribution in [3.05, 3.63) is 29.3 Å². The van der Waals surface area contributed by atoms with Gasteiger partial charge in [0, 0.05) is 30.7 Å². The summed E-state index contributed by atoms with van der Waals surface area (Å²) in [6.07, 6.45) is 5.17. The SMILES string of the molecule is COc1cccc2c1CCN1C[C@H]3CCCN[C@H]3C[C@@H]21. The Hall–Kier alpha value is -1.06. The van der Waals surface area contributed by atoms with Crippen LogP contribution in [0, 0.1) is 5.92 Å². The zero-order valence-corrected chi connectivity index (χ0v) is 12.3. The molecule has 2 fully saturated rings. The first kappa shape index (κ1) is 12.7. The summed E-state index contributed by atoms with van der Waals surface area (Å²) < 4.78 is 5.56. The van der Waals surface area contributed by atoms with E-state index in [1.165, 1.54) is 50.0 Å². The molecular formula is C17H24N2O. The minimum atomic E-state index is 0.598. The van der Waals surface area contributed by atoms with Crippen LogP contribution in [-0.4, -0.2) is 37.7 Å². The molecule has 3 heterocycles. The summed E-state index contributed by atoms with van der Waals surface area (Å²) in [7, 11) is 1.79. The van der Waals surface area contributed by atoms with Crippen LogP contribution < -0.4 is 10.1 Å². The van der Waals surface area contributed by atoms with Crippen LogP contribution in [0.1, 0.15) is 36.4 Å². The van der Waals surface area contributed by atoms with Crippen LogP contribution in [0.2, 0.25) is 0 Å². The molecule has 1 aromatic rings. The van der Waals surface area contributed by atoms with E-state index >= 15 is 0 Å². The molecule has 2 saturated heterocycles. The summed E-state index contributed by atoms with van der Waals surface area (Å²) in [5, 5.41) is 3.76. The van der Waals surface area contributed by atoms with E-state index in [0.29, 0.717) is 6.04 Å². The summed E-state index contributed by atoms with van der Waals surface area (Å²) in [4.78, 5) is 2.72. The minimum absolute atomic E-state index is 0.598. The molecule has 3 nitrogen and oxygen atoms in total. The molecule has 1 aromatic carbocycles. The van der Waals surface area contributed by atoms with Crippen molar-refractivity contribution < 1.29 is 4.74 Å². The molecule has 4 rings (SSSR count). The summed E-state index contributed by atoms with van der Waals surface area (Å²) in [5.74, 6) is 1.95. The highest BCUT2D eigenvalue weighted by atomic mass is 16.5. The Morgan fingerprint density at radius 1 is 1.35 bits per heavy atom. The van der Waals surface area contributed by atoms with Crippen LogP contribution in [0.5, 0.6) is 5.75 Å². The standard InChI is InChI=1S/C17H24N2O/c1-20-17-6-2-5-13-14(17)7-9-19-11-12-4-3-8-18-15(12)10-16(13)19/h2,5-6,12,15-16,18H,3-4,7-11H2,1H3/t12-,15+,16+/m1/s1. The second kappa shape index (κ2) is 5.05. The summed E-state index contributed by atoms with van der Waals surface area (Å²) in [5.41, 5.74) is 2.96. The fourth-order valence-electron chi connectivity index (χ4n) is 4.51. The van der Waals surface area contributed by atoms with E-state index in [9.17, 15) is 0 Å². The van der Waals surface area contributed by atoms with E-state index in [-0.39, 0.29) is 0 Å². The number of rotatable bonds is 1. The Balaban J connectivity index is 1.66. The van der Waals surface area contributed by atoms with Gasteiger partial charge in [-0.3, -0.25) is 4.90 Å². The largest absolute Gasteiger partial charge is 0.496 e. The van der Waals surface area contributed by atoms with Crippen molar-refractivity contribution in [2.24, 2.45) is 5.92 Å². The van der Waals surface area contributed by atoms with E-state index in [4.69, 9.17) is 4.74 Å². The quantitative estimate of drug-likeness (QED) is 0.849. The van der Waals surface area contributed by atoms with E-state index in [2.05, 4.69) is 28.4 Å². The van der Waals surface area contributed by atoms with Gasteiger partial charge in [-0.2, -0.15) is 0 Å². The van der Waals surface area contributed by atoms with Gasteiger partial charge in [0.2, 0.25) is 0 Å². The third-order valence-electron chi connectivity index (χ3n) is 5.51. The highest BCUT2D eigenvalue weighted by Crippen LogP contribution is 2.42. The van der Waals surface area contributed by atoms with E-state index in [1.807, 2.05) is 0 Å². The molecule has 20 heavy (non-hydrogen) atoms. The van der Waals surface area contributed by atoms with Gasteiger partial charge in [0.05, 0.1) is 7.11 Å².